The van der Waals surface area contributed by atoms with Crippen LogP contribution in [-0.2, 0) is 9.59 Å². The van der Waals surface area contributed by atoms with Gasteiger partial charge < -0.3 is 15.4 Å². The molecule has 2 N–H and O–H groups in total. The number of nitrogens with zero attached hydrogens (tertiary/aromatic N) is 1. The summed E-state index contributed by atoms with van der Waals surface area (Å²) >= 11 is 0. The largest absolute Gasteiger partial charge is 0.457 e. The van der Waals surface area contributed by atoms with E-state index in [1.807, 2.05) is 80.6 Å². The number of hydrogen-bond donors (Lipinski definition) is 2. The van der Waals surface area contributed by atoms with Crippen molar-refractivity contribution >= 4 is 17.5 Å². The van der Waals surface area contributed by atoms with Crippen LogP contribution in [0.5, 0.6) is 11.5 Å². The van der Waals surface area contributed by atoms with Crippen LogP contribution in [0.2, 0.25) is 0 Å². The van der Waals surface area contributed by atoms with Crippen molar-refractivity contribution in [3.63, 3.8) is 0 Å². The molecule has 1 aliphatic carbocycles. The molecule has 0 radical (unpaired) electrons. The maximum atomic E-state index is 13.7. The zero-order chi connectivity index (χ0) is 26.2. The average Bonchev–Trinajstić information content (AvgIpc) is 2.83. The molecule has 0 spiro atoms. The van der Waals surface area contributed by atoms with Gasteiger partial charge in [0.1, 0.15) is 17.3 Å². The van der Waals surface area contributed by atoms with Gasteiger partial charge in [-0.2, -0.15) is 0 Å². The fraction of sp³-hybridized carbons (Fsp3) is 0.258. The molecule has 1 aromatic heterocycles. The summed E-state index contributed by atoms with van der Waals surface area (Å²) in [6.45, 7) is 8.05. The van der Waals surface area contributed by atoms with Crippen molar-refractivity contribution in [3.8, 4) is 11.5 Å². The lowest BCUT2D eigenvalue weighted by molar-refractivity contribution is -0.118. The number of para-hydroxylation sites is 1. The summed E-state index contributed by atoms with van der Waals surface area (Å²) in [7, 11) is 0. The Hall–Kier alpha value is -4.19. The minimum atomic E-state index is -0.524. The normalized spacial score (nSPS) is 18.7. The SMILES string of the molecule is CC1=C(C(=O)Nc2cc(C)ccn2)[C@@H](c2cccc(Oc3ccccc3)c2)C2=C(CC(C)(C)CC2=O)N1. The number of pyridine rings is 1. The highest BCUT2D eigenvalue weighted by Gasteiger charge is 2.42. The molecule has 2 heterocycles. The molecular formula is C31H31N3O3. The summed E-state index contributed by atoms with van der Waals surface area (Å²) in [4.78, 5) is 31.6. The van der Waals surface area contributed by atoms with Crippen molar-refractivity contribution in [2.75, 3.05) is 5.32 Å². The molecule has 0 fully saturated rings. The van der Waals surface area contributed by atoms with Crippen LogP contribution in [-0.4, -0.2) is 16.7 Å². The number of benzene rings is 2. The Kier molecular flexibility index (Phi) is 6.42. The van der Waals surface area contributed by atoms with E-state index in [1.54, 1.807) is 6.20 Å². The van der Waals surface area contributed by atoms with E-state index in [4.69, 9.17) is 4.74 Å². The Morgan fingerprint density at radius 1 is 1.00 bits per heavy atom. The zero-order valence-electron chi connectivity index (χ0n) is 21.6. The molecule has 1 aliphatic heterocycles. The van der Waals surface area contributed by atoms with Crippen LogP contribution in [0, 0.1) is 12.3 Å². The molecule has 6 nitrogen and oxygen atoms in total. The second kappa shape index (κ2) is 9.69. The second-order valence-electron chi connectivity index (χ2n) is 10.6. The molecule has 2 aliphatic rings. The number of carbonyl (C=O) groups is 2. The van der Waals surface area contributed by atoms with Crippen molar-refractivity contribution in [2.45, 2.75) is 46.5 Å². The summed E-state index contributed by atoms with van der Waals surface area (Å²) in [5.41, 5.74) is 4.46. The highest BCUT2D eigenvalue weighted by atomic mass is 16.5. The third kappa shape index (κ3) is 5.19. The van der Waals surface area contributed by atoms with Gasteiger partial charge in [-0.1, -0.05) is 44.2 Å². The molecule has 3 aromatic rings. The summed E-state index contributed by atoms with van der Waals surface area (Å²) in [5.74, 6) is 1.09. The Balaban J connectivity index is 1.58. The van der Waals surface area contributed by atoms with Gasteiger partial charge in [-0.05, 0) is 73.2 Å². The van der Waals surface area contributed by atoms with Gasteiger partial charge in [-0.25, -0.2) is 4.98 Å². The van der Waals surface area contributed by atoms with E-state index < -0.39 is 5.92 Å². The highest BCUT2D eigenvalue weighted by molar-refractivity contribution is 6.09. The smallest absolute Gasteiger partial charge is 0.255 e. The van der Waals surface area contributed by atoms with Crippen LogP contribution in [0.25, 0.3) is 0 Å². The molecule has 37 heavy (non-hydrogen) atoms. The van der Waals surface area contributed by atoms with E-state index in [0.717, 1.165) is 34.7 Å². The monoisotopic (exact) mass is 493 g/mol. The third-order valence-corrected chi connectivity index (χ3v) is 6.81. The van der Waals surface area contributed by atoms with E-state index in [2.05, 4.69) is 29.5 Å². The molecule has 6 heteroatoms. The first-order chi connectivity index (χ1) is 17.7. The predicted octanol–water partition coefficient (Wildman–Crippen LogP) is 6.43. The topological polar surface area (TPSA) is 80.3 Å². The number of aromatic nitrogens is 1. The first kappa shape index (κ1) is 24.5. The maximum absolute atomic E-state index is 13.7. The minimum Gasteiger partial charge on any atom is -0.457 e. The number of amides is 1. The summed E-state index contributed by atoms with van der Waals surface area (Å²) in [6, 6.07) is 20.9. The summed E-state index contributed by atoms with van der Waals surface area (Å²) in [5, 5.41) is 6.36. The quantitative estimate of drug-likeness (QED) is 0.428. The standard InChI is InChI=1S/C31H31N3O3/c1-19-13-14-32-26(15-19)34-30(36)27-20(2)33-24-17-31(3,4)18-25(35)29(24)28(27)21-9-8-12-23(16-21)37-22-10-6-5-7-11-22/h5-16,28,33H,17-18H2,1-4H3,(H,32,34,36)/t28-/m1/s1. The van der Waals surface area contributed by atoms with Crippen molar-refractivity contribution < 1.29 is 14.3 Å². The maximum Gasteiger partial charge on any atom is 0.255 e. The number of ketones is 1. The summed E-state index contributed by atoms with van der Waals surface area (Å²) < 4.78 is 6.09. The Morgan fingerprint density at radius 3 is 2.51 bits per heavy atom. The molecule has 0 saturated carbocycles. The number of rotatable bonds is 5. The van der Waals surface area contributed by atoms with Crippen molar-refractivity contribution in [3.05, 3.63) is 107 Å². The van der Waals surface area contributed by atoms with Crippen LogP contribution in [0.15, 0.2) is 95.5 Å². The Labute approximate surface area is 217 Å². The number of hydrogen-bond acceptors (Lipinski definition) is 5. The molecule has 1 atom stereocenters. The van der Waals surface area contributed by atoms with Gasteiger partial charge in [0.05, 0.1) is 0 Å². The molecule has 1 amide bonds. The molecule has 0 unspecified atom stereocenters. The lowest BCUT2D eigenvalue weighted by atomic mass is 9.68. The van der Waals surface area contributed by atoms with Gasteiger partial charge in [-0.15, -0.1) is 0 Å². The molecule has 5 rings (SSSR count). The van der Waals surface area contributed by atoms with Gasteiger partial charge in [0.15, 0.2) is 5.78 Å². The minimum absolute atomic E-state index is 0.0598. The Morgan fingerprint density at radius 2 is 1.76 bits per heavy atom. The van der Waals surface area contributed by atoms with E-state index >= 15 is 0 Å². The van der Waals surface area contributed by atoms with E-state index in [1.165, 1.54) is 0 Å². The average molecular weight is 494 g/mol. The Bertz CT molecular complexity index is 1440. The summed E-state index contributed by atoms with van der Waals surface area (Å²) in [6.07, 6.45) is 2.83. The number of nitrogens with one attached hydrogen (secondary N) is 2. The first-order valence-electron chi connectivity index (χ1n) is 12.5. The fourth-order valence-corrected chi connectivity index (χ4v) is 5.24. The number of carbonyl (C=O) groups excluding carboxylic acids is 2. The first-order valence-corrected chi connectivity index (χ1v) is 12.5. The molecule has 0 saturated heterocycles. The second-order valence-corrected chi connectivity index (χ2v) is 10.6. The number of allylic oxidation sites excluding steroid dienone is 3. The van der Waals surface area contributed by atoms with Crippen LogP contribution >= 0.6 is 0 Å². The molecular weight excluding hydrogens is 462 g/mol. The molecule has 188 valence electrons. The van der Waals surface area contributed by atoms with Crippen LogP contribution in [0.1, 0.15) is 50.7 Å². The number of ether oxygens (including phenoxy) is 1. The van der Waals surface area contributed by atoms with E-state index in [0.29, 0.717) is 29.1 Å². The van der Waals surface area contributed by atoms with Crippen LogP contribution < -0.4 is 15.4 Å². The number of anilines is 1. The zero-order valence-corrected chi connectivity index (χ0v) is 21.6. The van der Waals surface area contributed by atoms with Crippen molar-refractivity contribution in [1.29, 1.82) is 0 Å². The van der Waals surface area contributed by atoms with Crippen LogP contribution in [0.4, 0.5) is 5.82 Å². The van der Waals surface area contributed by atoms with Crippen molar-refractivity contribution in [2.24, 2.45) is 5.41 Å². The fourth-order valence-electron chi connectivity index (χ4n) is 5.24. The number of dihydropyridines is 1. The lowest BCUT2D eigenvalue weighted by Gasteiger charge is -2.39. The lowest BCUT2D eigenvalue weighted by Crippen LogP contribution is -2.39. The highest BCUT2D eigenvalue weighted by Crippen LogP contribution is 2.47. The molecule has 2 aromatic carbocycles. The van der Waals surface area contributed by atoms with Gasteiger partial charge in [0.2, 0.25) is 0 Å². The predicted molar refractivity (Wildman–Crippen MR) is 144 cm³/mol. The van der Waals surface area contributed by atoms with E-state index in [-0.39, 0.29) is 17.1 Å². The van der Waals surface area contributed by atoms with Gasteiger partial charge in [0.25, 0.3) is 5.91 Å². The van der Waals surface area contributed by atoms with Gasteiger partial charge in [0, 0.05) is 41.1 Å². The third-order valence-electron chi connectivity index (χ3n) is 6.81. The van der Waals surface area contributed by atoms with Crippen molar-refractivity contribution in [1.82, 2.24) is 10.3 Å². The van der Waals surface area contributed by atoms with Gasteiger partial charge >= 0.3 is 0 Å². The molecule has 0 bridgehead atoms. The number of aryl methyl sites for hydroxylation is 1. The van der Waals surface area contributed by atoms with Gasteiger partial charge in [-0.3, -0.25) is 9.59 Å². The number of Topliss-reactive ketones (excluding diaryl/α,β-unsaturated/α-hetero) is 1. The van der Waals surface area contributed by atoms with Crippen LogP contribution in [0.3, 0.4) is 0 Å². The van der Waals surface area contributed by atoms with E-state index in [9.17, 15) is 9.59 Å².